The molecule has 0 saturated carbocycles. The molecule has 1 unspecified atom stereocenters. The number of ether oxygens (including phenoxy) is 1. The van der Waals surface area contributed by atoms with Crippen LogP contribution >= 0.6 is 0 Å². The Kier molecular flexibility index (Phi) is 4.68. The Balaban J connectivity index is 1.54. The maximum atomic E-state index is 11.8. The van der Waals surface area contributed by atoms with Crippen molar-refractivity contribution in [2.45, 2.75) is 26.8 Å². The predicted molar refractivity (Wildman–Crippen MR) is 106 cm³/mol. The summed E-state index contributed by atoms with van der Waals surface area (Å²) in [7, 11) is 0. The largest absolute Gasteiger partial charge is 0.447 e. The number of hydrogen-bond donors (Lipinski definition) is 1. The molecular formula is C20H22N6O2. The van der Waals surface area contributed by atoms with Gasteiger partial charge in [-0.25, -0.2) is 14.5 Å². The predicted octanol–water partition coefficient (Wildman–Crippen LogP) is 3.41. The summed E-state index contributed by atoms with van der Waals surface area (Å²) in [6, 6.07) is 9.82. The van der Waals surface area contributed by atoms with Gasteiger partial charge < -0.3 is 10.1 Å². The van der Waals surface area contributed by atoms with Crippen LogP contribution in [-0.2, 0) is 4.74 Å². The van der Waals surface area contributed by atoms with E-state index < -0.39 is 0 Å². The third kappa shape index (κ3) is 3.53. The summed E-state index contributed by atoms with van der Waals surface area (Å²) in [5.74, 6) is 1.32. The van der Waals surface area contributed by atoms with Crippen molar-refractivity contribution < 1.29 is 9.53 Å². The molecule has 1 aromatic carbocycles. The van der Waals surface area contributed by atoms with Gasteiger partial charge in [0.2, 0.25) is 0 Å². The van der Waals surface area contributed by atoms with Crippen LogP contribution in [0.2, 0.25) is 0 Å². The standard InChI is InChI=1S/C20H22N6O2/c1-13-9-14(2)26(24-13)19-12-21-11-18(23-19)22-15(3)16-5-4-6-17(10-16)25-7-8-28-20(25)27/h4-6,9-12,15H,7-8H2,1-3H3,(H,22,23). The van der Waals surface area contributed by atoms with Crippen molar-refractivity contribution in [3.05, 3.63) is 59.7 Å². The molecule has 8 nitrogen and oxygen atoms in total. The third-order valence-corrected chi connectivity index (χ3v) is 4.66. The molecule has 3 aromatic rings. The minimum absolute atomic E-state index is 0.0245. The van der Waals surface area contributed by atoms with E-state index >= 15 is 0 Å². The van der Waals surface area contributed by atoms with Crippen molar-refractivity contribution in [2.24, 2.45) is 0 Å². The van der Waals surface area contributed by atoms with Gasteiger partial charge >= 0.3 is 6.09 Å². The summed E-state index contributed by atoms with van der Waals surface area (Å²) >= 11 is 0. The van der Waals surface area contributed by atoms with Crippen LogP contribution in [0.3, 0.4) is 0 Å². The number of benzene rings is 1. The van der Waals surface area contributed by atoms with E-state index in [1.165, 1.54) is 0 Å². The molecule has 0 bridgehead atoms. The number of amides is 1. The Bertz CT molecular complexity index is 1020. The smallest absolute Gasteiger partial charge is 0.414 e. The minimum atomic E-state index is -0.304. The number of cyclic esters (lactones) is 1. The molecular weight excluding hydrogens is 356 g/mol. The molecule has 0 spiro atoms. The van der Waals surface area contributed by atoms with Gasteiger partial charge in [-0.2, -0.15) is 5.10 Å². The summed E-state index contributed by atoms with van der Waals surface area (Å²) in [4.78, 5) is 22.4. The van der Waals surface area contributed by atoms with E-state index in [1.807, 2.05) is 51.1 Å². The van der Waals surface area contributed by atoms with E-state index in [4.69, 9.17) is 4.74 Å². The average Bonchev–Trinajstić information content (AvgIpc) is 3.26. The van der Waals surface area contributed by atoms with Crippen molar-refractivity contribution in [3.8, 4) is 5.82 Å². The zero-order chi connectivity index (χ0) is 19.7. The highest BCUT2D eigenvalue weighted by molar-refractivity contribution is 5.89. The highest BCUT2D eigenvalue weighted by Gasteiger charge is 2.24. The van der Waals surface area contributed by atoms with Crippen LogP contribution in [0.5, 0.6) is 0 Å². The molecule has 8 heteroatoms. The maximum Gasteiger partial charge on any atom is 0.414 e. The van der Waals surface area contributed by atoms with Crippen LogP contribution in [0.1, 0.15) is 29.9 Å². The van der Waals surface area contributed by atoms with Gasteiger partial charge in [-0.05, 0) is 44.5 Å². The van der Waals surface area contributed by atoms with E-state index in [2.05, 4.69) is 20.4 Å². The first-order valence-corrected chi connectivity index (χ1v) is 9.18. The number of aromatic nitrogens is 4. The van der Waals surface area contributed by atoms with Gasteiger partial charge in [0.1, 0.15) is 12.4 Å². The van der Waals surface area contributed by atoms with E-state index in [0.717, 1.165) is 22.6 Å². The van der Waals surface area contributed by atoms with Crippen molar-refractivity contribution in [3.63, 3.8) is 0 Å². The zero-order valence-electron chi connectivity index (χ0n) is 16.1. The lowest BCUT2D eigenvalue weighted by Crippen LogP contribution is -2.23. The number of carbonyl (C=O) groups excluding carboxylic acids is 1. The van der Waals surface area contributed by atoms with E-state index in [1.54, 1.807) is 22.0 Å². The van der Waals surface area contributed by atoms with Gasteiger partial charge in [-0.3, -0.25) is 9.88 Å². The fourth-order valence-electron chi connectivity index (χ4n) is 3.28. The second-order valence-corrected chi connectivity index (χ2v) is 6.83. The van der Waals surface area contributed by atoms with Gasteiger partial charge in [0.25, 0.3) is 0 Å². The number of nitrogens with one attached hydrogen (secondary N) is 1. The number of rotatable bonds is 5. The van der Waals surface area contributed by atoms with Crippen molar-refractivity contribution in [1.29, 1.82) is 0 Å². The van der Waals surface area contributed by atoms with Gasteiger partial charge in [0.15, 0.2) is 5.82 Å². The first kappa shape index (κ1) is 18.0. The van der Waals surface area contributed by atoms with Crippen molar-refractivity contribution in [2.75, 3.05) is 23.4 Å². The molecule has 3 heterocycles. The molecule has 4 rings (SSSR count). The highest BCUT2D eigenvalue weighted by atomic mass is 16.6. The van der Waals surface area contributed by atoms with Crippen LogP contribution in [-0.4, -0.2) is 39.0 Å². The van der Waals surface area contributed by atoms with E-state index in [0.29, 0.717) is 24.8 Å². The summed E-state index contributed by atoms with van der Waals surface area (Å²) < 4.78 is 6.80. The molecule has 1 aliphatic rings. The molecule has 0 radical (unpaired) electrons. The summed E-state index contributed by atoms with van der Waals surface area (Å²) in [6.45, 7) is 6.97. The van der Waals surface area contributed by atoms with Crippen LogP contribution in [0.25, 0.3) is 5.82 Å². The summed E-state index contributed by atoms with van der Waals surface area (Å²) in [5, 5.41) is 7.83. The quantitative estimate of drug-likeness (QED) is 0.732. The number of anilines is 2. The van der Waals surface area contributed by atoms with Crippen LogP contribution in [0.4, 0.5) is 16.3 Å². The molecule has 144 valence electrons. The normalized spacial score (nSPS) is 14.8. The molecule has 2 aromatic heterocycles. The fourth-order valence-corrected chi connectivity index (χ4v) is 3.28. The molecule has 28 heavy (non-hydrogen) atoms. The Morgan fingerprint density at radius 1 is 1.21 bits per heavy atom. The van der Waals surface area contributed by atoms with E-state index in [9.17, 15) is 4.79 Å². The van der Waals surface area contributed by atoms with E-state index in [-0.39, 0.29) is 12.1 Å². The van der Waals surface area contributed by atoms with Crippen molar-refractivity contribution in [1.82, 2.24) is 19.7 Å². The molecule has 1 amide bonds. The Morgan fingerprint density at radius 3 is 2.79 bits per heavy atom. The van der Waals surface area contributed by atoms with Crippen LogP contribution in [0.15, 0.2) is 42.7 Å². The fraction of sp³-hybridized carbons (Fsp3) is 0.300. The number of carbonyl (C=O) groups is 1. The Labute approximate surface area is 163 Å². The average molecular weight is 378 g/mol. The molecule has 0 aliphatic carbocycles. The number of aryl methyl sites for hydroxylation is 2. The highest BCUT2D eigenvalue weighted by Crippen LogP contribution is 2.25. The molecule has 1 fully saturated rings. The molecule has 1 saturated heterocycles. The number of nitrogens with zero attached hydrogens (tertiary/aromatic N) is 5. The Morgan fingerprint density at radius 2 is 2.07 bits per heavy atom. The van der Waals surface area contributed by atoms with Crippen LogP contribution < -0.4 is 10.2 Å². The second-order valence-electron chi connectivity index (χ2n) is 6.83. The zero-order valence-corrected chi connectivity index (χ0v) is 16.1. The summed E-state index contributed by atoms with van der Waals surface area (Å²) in [5.41, 5.74) is 3.80. The van der Waals surface area contributed by atoms with Gasteiger partial charge in [-0.1, -0.05) is 12.1 Å². The lowest BCUT2D eigenvalue weighted by molar-refractivity contribution is 0.181. The minimum Gasteiger partial charge on any atom is -0.447 e. The lowest BCUT2D eigenvalue weighted by atomic mass is 10.1. The summed E-state index contributed by atoms with van der Waals surface area (Å²) in [6.07, 6.45) is 3.07. The molecule has 1 aliphatic heterocycles. The van der Waals surface area contributed by atoms with Gasteiger partial charge in [0, 0.05) is 11.4 Å². The molecule has 1 atom stereocenters. The third-order valence-electron chi connectivity index (χ3n) is 4.66. The van der Waals surface area contributed by atoms with Gasteiger partial charge in [0.05, 0.1) is 30.7 Å². The second kappa shape index (κ2) is 7.30. The number of hydrogen-bond acceptors (Lipinski definition) is 6. The maximum absolute atomic E-state index is 11.8. The van der Waals surface area contributed by atoms with Crippen LogP contribution in [0, 0.1) is 13.8 Å². The van der Waals surface area contributed by atoms with Crippen molar-refractivity contribution >= 4 is 17.6 Å². The topological polar surface area (TPSA) is 85.2 Å². The lowest BCUT2D eigenvalue weighted by Gasteiger charge is -2.18. The van der Waals surface area contributed by atoms with Gasteiger partial charge in [-0.15, -0.1) is 0 Å². The monoisotopic (exact) mass is 378 g/mol. The first-order chi connectivity index (χ1) is 13.5. The Hall–Kier alpha value is -3.42. The SMILES string of the molecule is Cc1cc(C)n(-c2cncc(NC(C)c3cccc(N4CCOC4=O)c3)n2)n1. The first-order valence-electron chi connectivity index (χ1n) is 9.18. The molecule has 1 N–H and O–H groups in total.